The Labute approximate surface area is 70.6 Å². The van der Waals surface area contributed by atoms with E-state index in [1.807, 2.05) is 0 Å². The van der Waals surface area contributed by atoms with E-state index in [0.717, 1.165) is 6.20 Å². The van der Waals surface area contributed by atoms with Crippen LogP contribution in [0.1, 0.15) is 5.56 Å². The minimum Gasteiger partial charge on any atom is -0.504 e. The summed E-state index contributed by atoms with van der Waals surface area (Å²) in [4.78, 5) is 3.27. The minimum atomic E-state index is -4.60. The average Bonchev–Trinajstić information content (AvgIpc) is 1.92. The SMILES string of the molecule is Oc1c(C(F)(F)F)ccnc1Cl. The quantitative estimate of drug-likeness (QED) is 0.648. The van der Waals surface area contributed by atoms with Crippen molar-refractivity contribution < 1.29 is 18.3 Å². The molecule has 1 aromatic heterocycles. The monoisotopic (exact) mass is 197 g/mol. The average molecular weight is 198 g/mol. The number of rotatable bonds is 0. The van der Waals surface area contributed by atoms with Crippen LogP contribution < -0.4 is 0 Å². The summed E-state index contributed by atoms with van der Waals surface area (Å²) in [6.07, 6.45) is -3.72. The summed E-state index contributed by atoms with van der Waals surface area (Å²) < 4.78 is 35.9. The van der Waals surface area contributed by atoms with E-state index in [2.05, 4.69) is 4.98 Å². The molecule has 0 aromatic carbocycles. The van der Waals surface area contributed by atoms with Crippen LogP contribution in [-0.2, 0) is 6.18 Å². The van der Waals surface area contributed by atoms with Crippen molar-refractivity contribution in [2.45, 2.75) is 6.18 Å². The maximum absolute atomic E-state index is 12.0. The third-order valence-electron chi connectivity index (χ3n) is 1.19. The molecule has 1 aromatic rings. The van der Waals surface area contributed by atoms with Gasteiger partial charge in [0.25, 0.3) is 0 Å². The van der Waals surface area contributed by atoms with Crippen LogP contribution in [0.15, 0.2) is 12.3 Å². The van der Waals surface area contributed by atoms with Crippen molar-refractivity contribution in [2.24, 2.45) is 0 Å². The van der Waals surface area contributed by atoms with Crippen LogP contribution in [0.25, 0.3) is 0 Å². The zero-order valence-electron chi connectivity index (χ0n) is 5.56. The van der Waals surface area contributed by atoms with Crippen LogP contribution in [-0.4, -0.2) is 10.1 Å². The number of aromatic hydroxyl groups is 1. The second kappa shape index (κ2) is 2.82. The molecular formula is C6H3ClF3NO. The third-order valence-corrected chi connectivity index (χ3v) is 1.46. The summed E-state index contributed by atoms with van der Waals surface area (Å²) in [5.41, 5.74) is -1.18. The van der Waals surface area contributed by atoms with E-state index in [9.17, 15) is 13.2 Å². The zero-order valence-corrected chi connectivity index (χ0v) is 6.32. The maximum atomic E-state index is 12.0. The van der Waals surface area contributed by atoms with Crippen LogP contribution in [0, 0.1) is 0 Å². The second-order valence-electron chi connectivity index (χ2n) is 2.00. The highest BCUT2D eigenvalue weighted by Gasteiger charge is 2.34. The Morgan fingerprint density at radius 3 is 2.42 bits per heavy atom. The van der Waals surface area contributed by atoms with E-state index in [-0.39, 0.29) is 0 Å². The van der Waals surface area contributed by atoms with Gasteiger partial charge in [-0.15, -0.1) is 0 Å². The number of hydrogen-bond acceptors (Lipinski definition) is 2. The minimum absolute atomic E-state index is 0.551. The molecule has 0 aliphatic carbocycles. The van der Waals surface area contributed by atoms with Gasteiger partial charge in [0, 0.05) is 6.20 Å². The van der Waals surface area contributed by atoms with Gasteiger partial charge in [-0.05, 0) is 6.07 Å². The summed E-state index contributed by atoms with van der Waals surface area (Å²) >= 11 is 5.16. The molecule has 0 atom stereocenters. The van der Waals surface area contributed by atoms with Gasteiger partial charge < -0.3 is 5.11 Å². The zero-order chi connectivity index (χ0) is 9.35. The highest BCUT2D eigenvalue weighted by Crippen LogP contribution is 2.37. The molecule has 2 nitrogen and oxygen atoms in total. The van der Waals surface area contributed by atoms with E-state index in [4.69, 9.17) is 16.7 Å². The fraction of sp³-hybridized carbons (Fsp3) is 0.167. The summed E-state index contributed by atoms with van der Waals surface area (Å²) in [7, 11) is 0. The number of pyridine rings is 1. The van der Waals surface area contributed by atoms with Crippen LogP contribution in [0.2, 0.25) is 5.15 Å². The van der Waals surface area contributed by atoms with Gasteiger partial charge in [-0.25, -0.2) is 4.98 Å². The molecule has 0 fully saturated rings. The fourth-order valence-corrected chi connectivity index (χ4v) is 0.815. The Hall–Kier alpha value is -0.970. The molecular weight excluding hydrogens is 195 g/mol. The first-order valence-corrected chi connectivity index (χ1v) is 3.21. The van der Waals surface area contributed by atoms with Gasteiger partial charge in [-0.1, -0.05) is 11.6 Å². The highest BCUT2D eigenvalue weighted by molar-refractivity contribution is 6.30. The summed E-state index contributed by atoms with van der Waals surface area (Å²) in [6, 6.07) is 0.654. The largest absolute Gasteiger partial charge is 0.504 e. The fourth-order valence-electron chi connectivity index (χ4n) is 0.657. The van der Waals surface area contributed by atoms with E-state index in [1.54, 1.807) is 0 Å². The number of aromatic nitrogens is 1. The molecule has 0 saturated carbocycles. The number of hydrogen-bond donors (Lipinski definition) is 1. The van der Waals surface area contributed by atoms with Crippen LogP contribution >= 0.6 is 11.6 Å². The molecule has 1 heterocycles. The van der Waals surface area contributed by atoms with E-state index in [1.165, 1.54) is 0 Å². The third kappa shape index (κ3) is 1.61. The molecule has 1 rings (SSSR count). The lowest BCUT2D eigenvalue weighted by Gasteiger charge is -2.07. The maximum Gasteiger partial charge on any atom is 0.420 e. The molecule has 0 radical (unpaired) electrons. The van der Waals surface area contributed by atoms with Crippen molar-refractivity contribution >= 4 is 11.6 Å². The van der Waals surface area contributed by atoms with Gasteiger partial charge in [0.05, 0.1) is 0 Å². The van der Waals surface area contributed by atoms with Gasteiger partial charge in [-0.3, -0.25) is 0 Å². The topological polar surface area (TPSA) is 33.1 Å². The van der Waals surface area contributed by atoms with Crippen molar-refractivity contribution in [3.8, 4) is 5.75 Å². The molecule has 0 amide bonds. The van der Waals surface area contributed by atoms with E-state index >= 15 is 0 Å². The van der Waals surface area contributed by atoms with Gasteiger partial charge in [-0.2, -0.15) is 13.2 Å². The van der Waals surface area contributed by atoms with Gasteiger partial charge in [0.2, 0.25) is 0 Å². The lowest BCUT2D eigenvalue weighted by Crippen LogP contribution is -2.05. The van der Waals surface area contributed by atoms with Crippen molar-refractivity contribution in [2.75, 3.05) is 0 Å². The molecule has 0 aliphatic rings. The number of alkyl halides is 3. The van der Waals surface area contributed by atoms with E-state index in [0.29, 0.717) is 6.07 Å². The Kier molecular flexibility index (Phi) is 2.14. The van der Waals surface area contributed by atoms with Crippen molar-refractivity contribution in [1.82, 2.24) is 4.98 Å². The first-order valence-electron chi connectivity index (χ1n) is 2.83. The van der Waals surface area contributed by atoms with E-state index < -0.39 is 22.6 Å². The molecule has 0 bridgehead atoms. The highest BCUT2D eigenvalue weighted by atomic mass is 35.5. The first-order chi connectivity index (χ1) is 5.43. The van der Waals surface area contributed by atoms with Crippen LogP contribution in [0.5, 0.6) is 5.75 Å². The molecule has 1 N–H and O–H groups in total. The van der Waals surface area contributed by atoms with Crippen LogP contribution in [0.4, 0.5) is 13.2 Å². The lowest BCUT2D eigenvalue weighted by molar-refractivity contribution is -0.138. The van der Waals surface area contributed by atoms with Crippen molar-refractivity contribution in [3.05, 3.63) is 23.0 Å². The normalized spacial score (nSPS) is 11.7. The molecule has 12 heavy (non-hydrogen) atoms. The Morgan fingerprint density at radius 1 is 1.42 bits per heavy atom. The van der Waals surface area contributed by atoms with Crippen LogP contribution in [0.3, 0.4) is 0 Å². The number of nitrogens with zero attached hydrogens (tertiary/aromatic N) is 1. The molecule has 0 unspecified atom stereocenters. The standard InChI is InChI=1S/C6H3ClF3NO/c7-5-4(12)3(1-2-11-5)6(8,9)10/h1-2,12H. The molecule has 0 spiro atoms. The lowest BCUT2D eigenvalue weighted by atomic mass is 10.2. The Bertz CT molecular complexity index is 299. The van der Waals surface area contributed by atoms with Gasteiger partial charge in [0.15, 0.2) is 10.9 Å². The first kappa shape index (κ1) is 9.12. The predicted molar refractivity (Wildman–Crippen MR) is 35.9 cm³/mol. The van der Waals surface area contributed by atoms with Gasteiger partial charge in [0.1, 0.15) is 5.56 Å². The second-order valence-corrected chi connectivity index (χ2v) is 2.35. The molecule has 66 valence electrons. The molecule has 0 aliphatic heterocycles. The number of halogens is 4. The summed E-state index contributed by atoms with van der Waals surface area (Å²) in [5.74, 6) is -1.04. The Balaban J connectivity index is 3.26. The van der Waals surface area contributed by atoms with Crippen molar-refractivity contribution in [3.63, 3.8) is 0 Å². The summed E-state index contributed by atoms with van der Waals surface area (Å²) in [6.45, 7) is 0. The predicted octanol–water partition coefficient (Wildman–Crippen LogP) is 2.46. The summed E-state index contributed by atoms with van der Waals surface area (Å²) in [5, 5.41) is 8.27. The Morgan fingerprint density at radius 2 is 2.00 bits per heavy atom. The van der Waals surface area contributed by atoms with Gasteiger partial charge >= 0.3 is 6.18 Å². The molecule has 0 saturated heterocycles. The smallest absolute Gasteiger partial charge is 0.420 e. The van der Waals surface area contributed by atoms with Crippen molar-refractivity contribution in [1.29, 1.82) is 0 Å². The molecule has 6 heteroatoms.